The summed E-state index contributed by atoms with van der Waals surface area (Å²) in [6, 6.07) is 9.29. The quantitative estimate of drug-likeness (QED) is 0.362. The molecule has 0 atom stereocenters. The summed E-state index contributed by atoms with van der Waals surface area (Å²) in [5.41, 5.74) is 3.06. The van der Waals surface area contributed by atoms with Crippen molar-refractivity contribution in [3.05, 3.63) is 74.9 Å². The van der Waals surface area contributed by atoms with Crippen molar-refractivity contribution in [2.45, 2.75) is 20.3 Å². The van der Waals surface area contributed by atoms with Crippen molar-refractivity contribution in [2.24, 2.45) is 0 Å². The minimum Gasteiger partial charge on any atom is -0.507 e. The highest BCUT2D eigenvalue weighted by atomic mass is 16.6. The van der Waals surface area contributed by atoms with Gasteiger partial charge in [-0.1, -0.05) is 23.8 Å². The minimum absolute atomic E-state index is 0.0334. The molecule has 2 rings (SSSR count). The van der Waals surface area contributed by atoms with Crippen LogP contribution in [0.3, 0.4) is 0 Å². The molecular formula is C19H19NO4. The van der Waals surface area contributed by atoms with E-state index in [-0.39, 0.29) is 17.2 Å². The number of hydrogen-bond donors (Lipinski definition) is 2. The Hall–Kier alpha value is -3.08. The smallest absolute Gasteiger partial charge is 0.269 e. The summed E-state index contributed by atoms with van der Waals surface area (Å²) in [6.07, 6.45) is 5.88. The van der Waals surface area contributed by atoms with Gasteiger partial charge in [-0.25, -0.2) is 0 Å². The molecule has 0 fully saturated rings. The largest absolute Gasteiger partial charge is 0.507 e. The molecule has 0 bridgehead atoms. The molecule has 0 amide bonds. The van der Waals surface area contributed by atoms with Gasteiger partial charge in [-0.05, 0) is 55.7 Å². The molecule has 0 unspecified atom stereocenters. The lowest BCUT2D eigenvalue weighted by atomic mass is 10.0. The van der Waals surface area contributed by atoms with Crippen LogP contribution in [0.4, 0.5) is 5.69 Å². The van der Waals surface area contributed by atoms with Crippen LogP contribution in [0, 0.1) is 10.1 Å². The third-order valence-corrected chi connectivity index (χ3v) is 3.51. The molecule has 0 saturated heterocycles. The van der Waals surface area contributed by atoms with E-state index < -0.39 is 4.92 Å². The lowest BCUT2D eigenvalue weighted by Crippen LogP contribution is -1.87. The zero-order chi connectivity index (χ0) is 17.7. The number of nitrogens with zero attached hydrogens (tertiary/aromatic N) is 1. The highest BCUT2D eigenvalue weighted by Crippen LogP contribution is 2.30. The summed E-state index contributed by atoms with van der Waals surface area (Å²) in [7, 11) is 0. The van der Waals surface area contributed by atoms with Crippen LogP contribution in [-0.2, 0) is 6.42 Å². The molecule has 0 aliphatic carbocycles. The first kappa shape index (κ1) is 17.3. The average Bonchev–Trinajstić information content (AvgIpc) is 2.52. The predicted molar refractivity (Wildman–Crippen MR) is 94.9 cm³/mol. The molecule has 0 aliphatic heterocycles. The van der Waals surface area contributed by atoms with Crippen molar-refractivity contribution in [1.82, 2.24) is 0 Å². The summed E-state index contributed by atoms with van der Waals surface area (Å²) in [6.45, 7) is 3.91. The van der Waals surface area contributed by atoms with Gasteiger partial charge in [0.25, 0.3) is 5.69 Å². The standard InChI is InChI=1S/C19H19NO4/c1-13(2)3-10-17-18(21)11-15(12-19(17)22)5-4-14-6-8-16(9-7-14)20(23)24/h3-9,11-12,21-22H,10H2,1-2H3/b5-4+. The molecule has 124 valence electrons. The van der Waals surface area contributed by atoms with Crippen LogP contribution in [0.1, 0.15) is 30.5 Å². The average molecular weight is 325 g/mol. The lowest BCUT2D eigenvalue weighted by molar-refractivity contribution is -0.384. The molecule has 0 aromatic heterocycles. The van der Waals surface area contributed by atoms with Gasteiger partial charge in [-0.3, -0.25) is 10.1 Å². The van der Waals surface area contributed by atoms with E-state index in [9.17, 15) is 20.3 Å². The summed E-state index contributed by atoms with van der Waals surface area (Å²) >= 11 is 0. The van der Waals surface area contributed by atoms with Gasteiger partial charge in [-0.2, -0.15) is 0 Å². The zero-order valence-corrected chi connectivity index (χ0v) is 13.6. The maximum Gasteiger partial charge on any atom is 0.269 e. The summed E-state index contributed by atoms with van der Waals surface area (Å²) in [5.74, 6) is 0.0756. The van der Waals surface area contributed by atoms with Crippen LogP contribution in [0.2, 0.25) is 0 Å². The highest BCUT2D eigenvalue weighted by Gasteiger charge is 2.08. The maximum absolute atomic E-state index is 10.6. The fraction of sp³-hybridized carbons (Fsp3) is 0.158. The normalized spacial score (nSPS) is 10.8. The molecule has 0 heterocycles. The third-order valence-electron chi connectivity index (χ3n) is 3.51. The highest BCUT2D eigenvalue weighted by molar-refractivity contribution is 5.72. The molecule has 0 spiro atoms. The number of phenols is 2. The Labute approximate surface area is 140 Å². The van der Waals surface area contributed by atoms with Crippen molar-refractivity contribution in [3.63, 3.8) is 0 Å². The number of non-ortho nitro benzene ring substituents is 1. The first-order valence-electron chi connectivity index (χ1n) is 7.47. The van der Waals surface area contributed by atoms with Crippen molar-refractivity contribution in [1.29, 1.82) is 0 Å². The third kappa shape index (κ3) is 4.46. The van der Waals surface area contributed by atoms with Gasteiger partial charge < -0.3 is 10.2 Å². The Bertz CT molecular complexity index is 778. The van der Waals surface area contributed by atoms with Gasteiger partial charge in [0.05, 0.1) is 4.92 Å². The maximum atomic E-state index is 10.6. The Morgan fingerprint density at radius 1 is 1.04 bits per heavy atom. The van der Waals surface area contributed by atoms with Gasteiger partial charge in [-0.15, -0.1) is 0 Å². The molecule has 2 aromatic rings. The van der Waals surface area contributed by atoms with Crippen molar-refractivity contribution in [2.75, 3.05) is 0 Å². The molecule has 0 saturated carbocycles. The van der Waals surface area contributed by atoms with Gasteiger partial charge in [0.1, 0.15) is 11.5 Å². The molecule has 0 radical (unpaired) electrons. The molecule has 24 heavy (non-hydrogen) atoms. The Morgan fingerprint density at radius 3 is 2.08 bits per heavy atom. The monoisotopic (exact) mass is 325 g/mol. The number of phenolic OH excluding ortho intramolecular Hbond substituents is 2. The lowest BCUT2D eigenvalue weighted by Gasteiger charge is -2.07. The number of nitro benzene ring substituents is 1. The second-order valence-electron chi connectivity index (χ2n) is 5.71. The second-order valence-corrected chi connectivity index (χ2v) is 5.71. The van der Waals surface area contributed by atoms with Crippen LogP contribution in [0.5, 0.6) is 11.5 Å². The number of aromatic hydroxyl groups is 2. The van der Waals surface area contributed by atoms with E-state index in [2.05, 4.69) is 0 Å². The van der Waals surface area contributed by atoms with E-state index >= 15 is 0 Å². The van der Waals surface area contributed by atoms with Crippen molar-refractivity contribution < 1.29 is 15.1 Å². The molecule has 0 aliphatic rings. The summed E-state index contributed by atoms with van der Waals surface area (Å²) in [4.78, 5) is 10.2. The van der Waals surface area contributed by atoms with Gasteiger partial charge in [0, 0.05) is 17.7 Å². The fourth-order valence-corrected chi connectivity index (χ4v) is 2.17. The van der Waals surface area contributed by atoms with Gasteiger partial charge >= 0.3 is 0 Å². The summed E-state index contributed by atoms with van der Waals surface area (Å²) < 4.78 is 0. The van der Waals surface area contributed by atoms with E-state index in [1.807, 2.05) is 19.9 Å². The van der Waals surface area contributed by atoms with Crippen LogP contribution >= 0.6 is 0 Å². The van der Waals surface area contributed by atoms with Gasteiger partial charge in [0.15, 0.2) is 0 Å². The number of benzene rings is 2. The molecule has 2 aromatic carbocycles. The number of rotatable bonds is 5. The van der Waals surface area contributed by atoms with E-state index in [1.165, 1.54) is 12.1 Å². The minimum atomic E-state index is -0.450. The Morgan fingerprint density at radius 2 is 1.58 bits per heavy atom. The number of allylic oxidation sites excluding steroid dienone is 2. The van der Waals surface area contributed by atoms with Crippen LogP contribution in [0.25, 0.3) is 12.2 Å². The fourth-order valence-electron chi connectivity index (χ4n) is 2.17. The topological polar surface area (TPSA) is 83.6 Å². The Kier molecular flexibility index (Phi) is 5.37. The number of hydrogen-bond acceptors (Lipinski definition) is 4. The van der Waals surface area contributed by atoms with Crippen LogP contribution in [0.15, 0.2) is 48.0 Å². The second kappa shape index (κ2) is 7.46. The molecule has 5 heteroatoms. The van der Waals surface area contributed by atoms with Crippen molar-refractivity contribution >= 4 is 17.8 Å². The van der Waals surface area contributed by atoms with Crippen LogP contribution in [-0.4, -0.2) is 15.1 Å². The molecule has 5 nitrogen and oxygen atoms in total. The van der Waals surface area contributed by atoms with E-state index in [0.717, 1.165) is 11.1 Å². The Balaban J connectivity index is 2.20. The van der Waals surface area contributed by atoms with E-state index in [1.54, 1.807) is 36.4 Å². The summed E-state index contributed by atoms with van der Waals surface area (Å²) in [5, 5.41) is 30.8. The predicted octanol–water partition coefficient (Wildman–Crippen LogP) is 4.69. The number of nitro groups is 1. The molecule has 2 N–H and O–H groups in total. The first-order valence-corrected chi connectivity index (χ1v) is 7.47. The SMILES string of the molecule is CC(C)=CCc1c(O)cc(/C=C/c2ccc([N+](=O)[O-])cc2)cc1O. The first-order chi connectivity index (χ1) is 11.4. The van der Waals surface area contributed by atoms with E-state index in [4.69, 9.17) is 0 Å². The molecular weight excluding hydrogens is 306 g/mol. The van der Waals surface area contributed by atoms with Crippen molar-refractivity contribution in [3.8, 4) is 11.5 Å². The van der Waals surface area contributed by atoms with Gasteiger partial charge in [0.2, 0.25) is 0 Å². The van der Waals surface area contributed by atoms with Crippen LogP contribution < -0.4 is 0 Å². The van der Waals surface area contributed by atoms with E-state index in [0.29, 0.717) is 17.5 Å². The zero-order valence-electron chi connectivity index (χ0n) is 13.6.